The number of carbonyl (C=O) groups excluding carboxylic acids is 2. The molecule has 52 heavy (non-hydrogen) atoms. The summed E-state index contributed by atoms with van der Waals surface area (Å²) in [5.41, 5.74) is 10.1. The summed E-state index contributed by atoms with van der Waals surface area (Å²) in [6.07, 6.45) is 14.8. The van der Waals surface area contributed by atoms with Crippen LogP contribution in [-0.4, -0.2) is 56.0 Å². The van der Waals surface area contributed by atoms with E-state index in [9.17, 15) is 30.0 Å². The van der Waals surface area contributed by atoms with E-state index >= 15 is 0 Å². The van der Waals surface area contributed by atoms with Crippen molar-refractivity contribution >= 4 is 11.7 Å². The summed E-state index contributed by atoms with van der Waals surface area (Å²) in [7, 11) is 0. The Labute approximate surface area is 310 Å². The summed E-state index contributed by atoms with van der Waals surface area (Å²) in [4.78, 5) is 26.6. The molecule has 1 aromatic rings. The maximum atomic E-state index is 14.2. The zero-order chi connectivity index (χ0) is 37.8. The first-order valence-electron chi connectivity index (χ1n) is 19.4. The molecular weight excluding hydrogens is 652 g/mol. The highest BCUT2D eigenvalue weighted by Crippen LogP contribution is 2.63. The molecule has 1 heterocycles. The number of nitrogens with one attached hydrogen (secondary N) is 1. The van der Waals surface area contributed by atoms with Gasteiger partial charge >= 0.3 is 0 Å². The lowest BCUT2D eigenvalue weighted by Gasteiger charge is -2.56. The molecule has 3 fully saturated rings. The first-order chi connectivity index (χ1) is 24.6. The largest absolute Gasteiger partial charge is 0.392 e. The number of aliphatic hydroxyl groups excluding tert-OH is 2. The van der Waals surface area contributed by atoms with Crippen LogP contribution in [0.1, 0.15) is 128 Å². The van der Waals surface area contributed by atoms with Crippen LogP contribution in [0.3, 0.4) is 0 Å². The molecule has 8 heteroatoms. The van der Waals surface area contributed by atoms with E-state index in [-0.39, 0.29) is 43.0 Å². The lowest BCUT2D eigenvalue weighted by Crippen LogP contribution is -2.59. The number of nitrogens with two attached hydrogens (primary N) is 1. The van der Waals surface area contributed by atoms with Crippen molar-refractivity contribution in [1.82, 2.24) is 5.32 Å². The third-order valence-electron chi connectivity index (χ3n) is 13.0. The predicted octanol–water partition coefficient (Wildman–Crippen LogP) is 6.53. The van der Waals surface area contributed by atoms with Crippen LogP contribution in [0, 0.1) is 17.3 Å². The van der Waals surface area contributed by atoms with Crippen LogP contribution in [0.5, 0.6) is 0 Å². The van der Waals surface area contributed by atoms with E-state index in [4.69, 9.17) is 5.73 Å². The Kier molecular flexibility index (Phi) is 12.7. The fourth-order valence-electron chi connectivity index (χ4n) is 9.97. The monoisotopic (exact) mass is 714 g/mol. The summed E-state index contributed by atoms with van der Waals surface area (Å²) in [6, 6.07) is 5.65. The van der Waals surface area contributed by atoms with Crippen LogP contribution in [-0.2, 0) is 22.4 Å². The molecule has 6 unspecified atom stereocenters. The zero-order valence-electron chi connectivity index (χ0n) is 31.8. The van der Waals surface area contributed by atoms with Gasteiger partial charge in [0.25, 0.3) is 0 Å². The highest BCUT2D eigenvalue weighted by Gasteiger charge is 2.64. The number of ketones is 1. The van der Waals surface area contributed by atoms with Gasteiger partial charge in [-0.25, -0.2) is 0 Å². The molecule has 5 rings (SSSR count). The average molecular weight is 715 g/mol. The fourth-order valence-corrected chi connectivity index (χ4v) is 9.97. The van der Waals surface area contributed by atoms with Gasteiger partial charge in [-0.3, -0.25) is 9.59 Å². The number of carbonyl (C=O) groups is 2. The first-order valence-corrected chi connectivity index (χ1v) is 19.4. The van der Waals surface area contributed by atoms with Crippen LogP contribution in [0.2, 0.25) is 0 Å². The molecule has 0 saturated heterocycles. The minimum absolute atomic E-state index is 0.0563. The van der Waals surface area contributed by atoms with Gasteiger partial charge in [-0.1, -0.05) is 78.6 Å². The number of aliphatic hydroxyl groups is 4. The van der Waals surface area contributed by atoms with Gasteiger partial charge in [0.2, 0.25) is 5.91 Å². The Balaban J connectivity index is 1.48. The van der Waals surface area contributed by atoms with Crippen LogP contribution < -0.4 is 11.1 Å². The van der Waals surface area contributed by atoms with Gasteiger partial charge in [0.1, 0.15) is 6.17 Å². The Morgan fingerprint density at radius 2 is 1.85 bits per heavy atom. The Hall–Kier alpha value is -3.14. The van der Waals surface area contributed by atoms with E-state index < -0.39 is 28.9 Å². The number of hydrogen-bond acceptors (Lipinski definition) is 7. The van der Waals surface area contributed by atoms with Gasteiger partial charge in [-0.15, -0.1) is 0 Å². The van der Waals surface area contributed by atoms with Crippen LogP contribution in [0.15, 0.2) is 76.9 Å². The molecule has 1 aliphatic heterocycles. The minimum Gasteiger partial charge on any atom is -0.392 e. The van der Waals surface area contributed by atoms with Crippen LogP contribution in [0.25, 0.3) is 0 Å². The molecule has 1 amide bonds. The van der Waals surface area contributed by atoms with E-state index in [0.717, 1.165) is 66.4 Å². The van der Waals surface area contributed by atoms with E-state index in [1.165, 1.54) is 5.57 Å². The summed E-state index contributed by atoms with van der Waals surface area (Å²) < 4.78 is 0. The molecule has 8 nitrogen and oxygen atoms in total. The molecule has 1 spiro atoms. The van der Waals surface area contributed by atoms with Gasteiger partial charge in [0, 0.05) is 17.8 Å². The highest BCUT2D eigenvalue weighted by atomic mass is 16.3. The van der Waals surface area contributed by atoms with Gasteiger partial charge in [0.05, 0.1) is 30.3 Å². The molecule has 3 aliphatic carbocycles. The second-order valence-electron chi connectivity index (χ2n) is 16.6. The molecule has 7 N–H and O–H groups in total. The number of benzene rings is 1. The maximum absolute atomic E-state index is 14.2. The minimum atomic E-state index is -1.24. The van der Waals surface area contributed by atoms with Crippen molar-refractivity contribution in [3.8, 4) is 0 Å². The van der Waals surface area contributed by atoms with Crippen molar-refractivity contribution in [3.05, 3.63) is 93.6 Å². The summed E-state index contributed by atoms with van der Waals surface area (Å²) in [6.45, 7) is 11.8. The normalized spacial score (nSPS) is 31.1. The maximum Gasteiger partial charge on any atom is 0.225 e. The van der Waals surface area contributed by atoms with Crippen molar-refractivity contribution in [2.24, 2.45) is 23.0 Å². The summed E-state index contributed by atoms with van der Waals surface area (Å²) >= 11 is 0. The molecule has 284 valence electrons. The average Bonchev–Trinajstić information content (AvgIpc) is 3.67. The second-order valence-corrected chi connectivity index (χ2v) is 16.6. The van der Waals surface area contributed by atoms with Crippen LogP contribution in [0.4, 0.5) is 0 Å². The lowest BCUT2D eigenvalue weighted by atomic mass is 9.52. The highest BCUT2D eigenvalue weighted by molar-refractivity contribution is 5.97. The molecule has 0 aromatic heterocycles. The van der Waals surface area contributed by atoms with E-state index in [1.54, 1.807) is 0 Å². The van der Waals surface area contributed by atoms with E-state index in [0.29, 0.717) is 49.7 Å². The molecule has 4 aliphatic rings. The zero-order valence-corrected chi connectivity index (χ0v) is 31.8. The number of amides is 1. The molecule has 3 saturated carbocycles. The SMILES string of the molecule is C=C(C=CC=C(CO)C1CCC2(C(CCC3(O)CCCC3)C(=C(C)C(=O)Cc3cccc4c3CC(=O)NC4N)CCC2(C)O)C1O)CCC=C(C)C. The van der Waals surface area contributed by atoms with E-state index in [1.807, 2.05) is 50.3 Å². The van der Waals surface area contributed by atoms with Crippen molar-refractivity contribution < 1.29 is 30.0 Å². The third-order valence-corrected chi connectivity index (χ3v) is 13.0. The molecular formula is C44H62N2O6. The first kappa shape index (κ1) is 40.1. The number of allylic oxidation sites excluding steroid dienone is 8. The summed E-state index contributed by atoms with van der Waals surface area (Å²) in [5, 5.41) is 49.7. The van der Waals surface area contributed by atoms with Crippen molar-refractivity contribution in [2.75, 3.05) is 6.61 Å². The standard InChI is InChI=1S/C44H62N2O6/c1-28(2)11-8-12-29(3)13-9-15-32(27-47)34-18-24-44(40(34)50)37(19-23-43(52)20-6-7-21-43)33(17-22-42(44,5)51)30(4)38(48)25-31-14-10-16-35-36(31)26-39(49)46-41(35)45/h9-11,13-16,34,37,40-41,47,50-52H,3,6-8,12,17-27,45H2,1-2,4-5H3,(H,46,49). The Bertz CT molecular complexity index is 1640. The smallest absolute Gasteiger partial charge is 0.225 e. The second kappa shape index (κ2) is 16.5. The van der Waals surface area contributed by atoms with E-state index in [2.05, 4.69) is 31.8 Å². The van der Waals surface area contributed by atoms with Crippen molar-refractivity contribution in [2.45, 2.75) is 141 Å². The number of Topliss-reactive ketones (excluding diaryl/α,β-unsaturated/α-hetero) is 1. The number of hydrogen-bond donors (Lipinski definition) is 6. The molecule has 0 bridgehead atoms. The molecule has 1 aromatic carbocycles. The van der Waals surface area contributed by atoms with Gasteiger partial charge in [0.15, 0.2) is 5.78 Å². The Morgan fingerprint density at radius 3 is 2.54 bits per heavy atom. The summed E-state index contributed by atoms with van der Waals surface area (Å²) in [5.74, 6) is -0.950. The number of rotatable bonds is 13. The van der Waals surface area contributed by atoms with Crippen molar-refractivity contribution in [3.63, 3.8) is 0 Å². The molecule has 0 radical (unpaired) electrons. The predicted molar refractivity (Wildman–Crippen MR) is 206 cm³/mol. The van der Waals surface area contributed by atoms with Gasteiger partial charge < -0.3 is 31.5 Å². The molecule has 6 atom stereocenters. The van der Waals surface area contributed by atoms with Gasteiger partial charge in [-0.05, 0) is 126 Å². The fraction of sp³-hybridized carbons (Fsp3) is 0.591. The van der Waals surface area contributed by atoms with Crippen molar-refractivity contribution in [1.29, 1.82) is 0 Å². The number of fused-ring (bicyclic) bond motifs is 1. The quantitative estimate of drug-likeness (QED) is 0.0773. The lowest BCUT2D eigenvalue weighted by molar-refractivity contribution is -0.169. The topological polar surface area (TPSA) is 153 Å². The van der Waals surface area contributed by atoms with Gasteiger partial charge in [-0.2, -0.15) is 0 Å². The third kappa shape index (κ3) is 8.32. The van der Waals surface area contributed by atoms with Crippen LogP contribution >= 0.6 is 0 Å². The Morgan fingerprint density at radius 1 is 1.12 bits per heavy atom.